The maximum atomic E-state index is 12.2. The number of likely N-dealkylation sites (tertiary alicyclic amines) is 1. The van der Waals surface area contributed by atoms with E-state index in [4.69, 9.17) is 4.74 Å². The summed E-state index contributed by atoms with van der Waals surface area (Å²) in [6, 6.07) is 0.114. The van der Waals surface area contributed by atoms with E-state index in [9.17, 15) is 9.59 Å². The summed E-state index contributed by atoms with van der Waals surface area (Å²) in [6.45, 7) is 9.78. The van der Waals surface area contributed by atoms with Gasteiger partial charge in [-0.1, -0.05) is 6.92 Å². The van der Waals surface area contributed by atoms with Gasteiger partial charge in [0.2, 0.25) is 0 Å². The molecule has 1 aliphatic heterocycles. The number of likely N-dealkylation sites (N-methyl/N-ethyl adjacent to an activating group) is 1. The second-order valence-electron chi connectivity index (χ2n) is 6.69. The first-order valence-electron chi connectivity index (χ1n) is 7.94. The van der Waals surface area contributed by atoms with Crippen molar-refractivity contribution in [2.24, 2.45) is 0 Å². The van der Waals surface area contributed by atoms with Crippen molar-refractivity contribution in [1.82, 2.24) is 15.5 Å². The minimum Gasteiger partial charge on any atom is -0.457 e. The van der Waals surface area contributed by atoms with Crippen LogP contribution in [0.2, 0.25) is 0 Å². The van der Waals surface area contributed by atoms with Gasteiger partial charge >= 0.3 is 11.7 Å². The molecule has 1 heterocycles. The molecular weight excluding hydrogens is 301 g/mol. The molecular formula is C15H30N3O3P. The van der Waals surface area contributed by atoms with Crippen LogP contribution in [-0.4, -0.2) is 60.6 Å². The zero-order valence-electron chi connectivity index (χ0n) is 14.4. The van der Waals surface area contributed by atoms with Crippen LogP contribution in [0.4, 0.5) is 9.59 Å². The summed E-state index contributed by atoms with van der Waals surface area (Å²) in [7, 11) is 1.99. The van der Waals surface area contributed by atoms with Crippen molar-refractivity contribution < 1.29 is 14.3 Å². The minimum atomic E-state index is -0.443. The van der Waals surface area contributed by atoms with E-state index < -0.39 is 5.60 Å². The van der Waals surface area contributed by atoms with Crippen molar-refractivity contribution in [2.75, 3.05) is 26.7 Å². The molecule has 0 aliphatic carbocycles. The second kappa shape index (κ2) is 8.68. The Hall–Kier alpha value is -0.870. The Kier molecular flexibility index (Phi) is 7.57. The Morgan fingerprint density at radius 3 is 2.64 bits per heavy atom. The zero-order chi connectivity index (χ0) is 16.8. The summed E-state index contributed by atoms with van der Waals surface area (Å²) in [6.07, 6.45) is 1.76. The molecule has 0 aromatic rings. The Labute approximate surface area is 135 Å². The van der Waals surface area contributed by atoms with Crippen LogP contribution >= 0.6 is 8.58 Å². The second-order valence-corrected chi connectivity index (χ2v) is 8.20. The Bertz CT molecular complexity index is 385. The molecule has 6 nitrogen and oxygen atoms in total. The molecule has 2 amide bonds. The Morgan fingerprint density at radius 1 is 1.41 bits per heavy atom. The van der Waals surface area contributed by atoms with E-state index >= 15 is 0 Å². The van der Waals surface area contributed by atoms with Crippen LogP contribution in [-0.2, 0) is 4.74 Å². The van der Waals surface area contributed by atoms with Crippen molar-refractivity contribution in [3.05, 3.63) is 0 Å². The molecule has 7 heteroatoms. The molecule has 1 saturated heterocycles. The van der Waals surface area contributed by atoms with Gasteiger partial charge in [0.05, 0.1) is 0 Å². The summed E-state index contributed by atoms with van der Waals surface area (Å²) < 4.78 is 5.36. The molecule has 0 bridgehead atoms. The maximum Gasteiger partial charge on any atom is 0.323 e. The normalized spacial score (nSPS) is 20.4. The highest BCUT2D eigenvalue weighted by Gasteiger charge is 2.30. The molecule has 1 aliphatic rings. The van der Waals surface area contributed by atoms with Crippen molar-refractivity contribution in [3.63, 3.8) is 0 Å². The fourth-order valence-corrected chi connectivity index (χ4v) is 3.63. The average Bonchev–Trinajstić information content (AvgIpc) is 2.84. The fourth-order valence-electron chi connectivity index (χ4n) is 2.35. The maximum absolute atomic E-state index is 12.2. The number of carbonyl (C=O) groups excluding carboxylic acids is 2. The lowest BCUT2D eigenvalue weighted by Gasteiger charge is -2.23. The molecule has 22 heavy (non-hydrogen) atoms. The quantitative estimate of drug-likeness (QED) is 0.733. The highest BCUT2D eigenvalue weighted by atomic mass is 31.1. The molecule has 3 atom stereocenters. The number of ether oxygens (including phenoxy) is 1. The van der Waals surface area contributed by atoms with Crippen LogP contribution in [0.1, 0.15) is 40.5 Å². The van der Waals surface area contributed by atoms with Gasteiger partial charge in [0.1, 0.15) is 5.60 Å². The molecule has 0 radical (unpaired) electrons. The summed E-state index contributed by atoms with van der Waals surface area (Å²) in [5, 5.41) is 6.11. The molecule has 1 fully saturated rings. The molecule has 0 spiro atoms. The van der Waals surface area contributed by atoms with Gasteiger partial charge in [-0.25, -0.2) is 9.59 Å². The first-order valence-corrected chi connectivity index (χ1v) is 9.02. The highest BCUT2D eigenvalue weighted by Crippen LogP contribution is 2.31. The van der Waals surface area contributed by atoms with Gasteiger partial charge < -0.3 is 20.3 Å². The van der Waals surface area contributed by atoms with Gasteiger partial charge in [0.25, 0.3) is 0 Å². The van der Waals surface area contributed by atoms with E-state index in [0.717, 1.165) is 19.4 Å². The number of nitrogens with zero attached hydrogens (tertiary/aromatic N) is 1. The van der Waals surface area contributed by atoms with Crippen LogP contribution in [0.25, 0.3) is 0 Å². The van der Waals surface area contributed by atoms with E-state index in [0.29, 0.717) is 13.1 Å². The third kappa shape index (κ3) is 6.93. The predicted octanol–water partition coefficient (Wildman–Crippen LogP) is 2.38. The van der Waals surface area contributed by atoms with E-state index in [1.54, 1.807) is 4.90 Å². The molecule has 3 unspecified atom stereocenters. The molecule has 2 N–H and O–H groups in total. The van der Waals surface area contributed by atoms with Crippen molar-refractivity contribution in [2.45, 2.75) is 57.8 Å². The minimum absolute atomic E-state index is 0.0291. The average molecular weight is 331 g/mol. The number of carbonyl (C=O) groups is 2. The van der Waals surface area contributed by atoms with Crippen LogP contribution in [0, 0.1) is 0 Å². The van der Waals surface area contributed by atoms with Gasteiger partial charge in [-0.2, -0.15) is 0 Å². The first kappa shape index (κ1) is 19.2. The van der Waals surface area contributed by atoms with Crippen LogP contribution in [0.5, 0.6) is 0 Å². The third-order valence-corrected chi connectivity index (χ3v) is 4.68. The summed E-state index contributed by atoms with van der Waals surface area (Å²) in [4.78, 5) is 25.9. The van der Waals surface area contributed by atoms with Crippen molar-refractivity contribution >= 4 is 20.3 Å². The van der Waals surface area contributed by atoms with E-state index in [1.165, 1.54) is 0 Å². The summed E-state index contributed by atoms with van der Waals surface area (Å²) in [5.74, 6) is 0. The first-order chi connectivity index (χ1) is 10.2. The number of rotatable bonds is 6. The van der Waals surface area contributed by atoms with Crippen LogP contribution < -0.4 is 10.6 Å². The summed E-state index contributed by atoms with van der Waals surface area (Å²) in [5.41, 5.74) is -0.368. The van der Waals surface area contributed by atoms with Gasteiger partial charge in [-0.05, 0) is 40.7 Å². The SMILES string of the molecule is CCC(CNC)NC(=O)N1CCC(PC(=O)OC(C)(C)C)C1. The summed E-state index contributed by atoms with van der Waals surface area (Å²) >= 11 is 0. The van der Waals surface area contributed by atoms with Gasteiger partial charge in [0.15, 0.2) is 0 Å². The molecule has 0 aromatic heterocycles. The Balaban J connectivity index is 2.38. The number of hydrogen-bond donors (Lipinski definition) is 2. The number of hydrogen-bond acceptors (Lipinski definition) is 4. The van der Waals surface area contributed by atoms with Crippen LogP contribution in [0.15, 0.2) is 0 Å². The third-order valence-electron chi connectivity index (χ3n) is 3.47. The number of amides is 2. The number of nitrogens with one attached hydrogen (secondary N) is 2. The lowest BCUT2D eigenvalue weighted by Crippen LogP contribution is -2.47. The van der Waals surface area contributed by atoms with E-state index in [1.807, 2.05) is 27.8 Å². The van der Waals surface area contributed by atoms with Crippen molar-refractivity contribution in [1.29, 1.82) is 0 Å². The zero-order valence-corrected chi connectivity index (χ0v) is 15.4. The lowest BCUT2D eigenvalue weighted by atomic mass is 10.2. The van der Waals surface area contributed by atoms with Crippen LogP contribution in [0.3, 0.4) is 0 Å². The monoisotopic (exact) mass is 331 g/mol. The molecule has 0 aromatic carbocycles. The lowest BCUT2D eigenvalue weighted by molar-refractivity contribution is 0.0730. The van der Waals surface area contributed by atoms with Gasteiger partial charge in [-0.15, -0.1) is 0 Å². The molecule has 1 rings (SSSR count). The fraction of sp³-hybridized carbons (Fsp3) is 0.867. The number of urea groups is 1. The molecule has 0 saturated carbocycles. The Morgan fingerprint density at radius 2 is 2.09 bits per heavy atom. The van der Waals surface area contributed by atoms with Gasteiger partial charge in [-0.3, -0.25) is 0 Å². The predicted molar refractivity (Wildman–Crippen MR) is 91.1 cm³/mol. The largest absolute Gasteiger partial charge is 0.457 e. The van der Waals surface area contributed by atoms with Gasteiger partial charge in [0, 0.05) is 39.9 Å². The smallest absolute Gasteiger partial charge is 0.323 e. The van der Waals surface area contributed by atoms with Crippen molar-refractivity contribution in [3.8, 4) is 0 Å². The van der Waals surface area contributed by atoms with E-state index in [2.05, 4.69) is 17.6 Å². The highest BCUT2D eigenvalue weighted by molar-refractivity contribution is 7.57. The topological polar surface area (TPSA) is 70.7 Å². The molecule has 128 valence electrons. The van der Waals surface area contributed by atoms with E-state index in [-0.39, 0.29) is 32.0 Å². The standard InChI is InChI=1S/C15H30N3O3P/c1-6-11(9-16-5)17-13(19)18-8-7-12(10-18)22-14(20)21-15(2,3)4/h11-12,16,22H,6-10H2,1-5H3,(H,17,19).